The summed E-state index contributed by atoms with van der Waals surface area (Å²) in [4.78, 5) is 10.4. The van der Waals surface area contributed by atoms with E-state index < -0.39 is 31.4 Å². The average Bonchev–Trinajstić information content (AvgIpc) is 3.10. The molecule has 11 heteroatoms. The van der Waals surface area contributed by atoms with Crippen molar-refractivity contribution in [3.05, 3.63) is 48.4 Å². The zero-order valence-corrected chi connectivity index (χ0v) is 19.3. The number of anilines is 1. The van der Waals surface area contributed by atoms with Gasteiger partial charge in [0, 0.05) is 13.2 Å². The zero-order valence-electron chi connectivity index (χ0n) is 17.7. The summed E-state index contributed by atoms with van der Waals surface area (Å²) in [6.07, 6.45) is 5.87. The number of hydrogen-bond donors (Lipinski definition) is 1. The molecule has 1 spiro atoms. The van der Waals surface area contributed by atoms with Crippen molar-refractivity contribution in [2.45, 2.75) is 48.8 Å². The van der Waals surface area contributed by atoms with Gasteiger partial charge < -0.3 is 4.90 Å². The average molecular weight is 477 g/mol. The van der Waals surface area contributed by atoms with E-state index >= 15 is 0 Å². The summed E-state index contributed by atoms with van der Waals surface area (Å²) in [7, 11) is -6.38. The molecule has 0 aliphatic heterocycles. The first-order valence-corrected chi connectivity index (χ1v) is 13.3. The van der Waals surface area contributed by atoms with Crippen molar-refractivity contribution in [1.82, 2.24) is 13.9 Å². The molecule has 1 aromatic carbocycles. The third-order valence-corrected chi connectivity index (χ3v) is 10.2. The summed E-state index contributed by atoms with van der Waals surface area (Å²) in [5.74, 6) is 0.431. The van der Waals surface area contributed by atoms with Crippen LogP contribution in [-0.2, 0) is 20.1 Å². The van der Waals surface area contributed by atoms with Gasteiger partial charge in [0.25, 0.3) is 20.1 Å². The molecule has 2 heterocycles. The number of hydrogen-bond acceptors (Lipinski definition) is 7. The van der Waals surface area contributed by atoms with Gasteiger partial charge in [-0.05, 0) is 49.8 Å². The molecule has 0 radical (unpaired) electrons. The molecule has 5 rings (SSSR count). The third kappa shape index (κ3) is 3.06. The van der Waals surface area contributed by atoms with E-state index in [0.717, 1.165) is 28.8 Å². The van der Waals surface area contributed by atoms with Crippen LogP contribution in [0.4, 0.5) is 5.82 Å². The monoisotopic (exact) mass is 476 g/mol. The van der Waals surface area contributed by atoms with Gasteiger partial charge in [-0.1, -0.05) is 24.1 Å². The fraction of sp³-hybridized carbons (Fsp3) is 0.429. The lowest BCUT2D eigenvalue weighted by molar-refractivity contribution is 0.0129. The molecule has 0 bridgehead atoms. The molecule has 170 valence electrons. The minimum atomic E-state index is -4.23. The van der Waals surface area contributed by atoms with Crippen molar-refractivity contribution in [3.63, 3.8) is 0 Å². The third-order valence-electron chi connectivity index (χ3n) is 7.08. The lowest BCUT2D eigenvalue weighted by Crippen LogP contribution is -2.67. The van der Waals surface area contributed by atoms with Crippen molar-refractivity contribution in [2.24, 2.45) is 5.41 Å². The number of rotatable bonds is 5. The number of aryl methyl sites for hydroxylation is 1. The lowest BCUT2D eigenvalue weighted by Gasteiger charge is -2.60. The molecule has 2 aromatic heterocycles. The molecule has 32 heavy (non-hydrogen) atoms. The molecule has 9 nitrogen and oxygen atoms in total. The number of nitrogens with zero attached hydrogens (tertiary/aromatic N) is 4. The topological polar surface area (TPSA) is 122 Å². The number of aromatic nitrogens is 3. The van der Waals surface area contributed by atoms with Crippen LogP contribution < -0.4 is 4.90 Å². The van der Waals surface area contributed by atoms with Crippen LogP contribution in [-0.4, -0.2) is 53.7 Å². The van der Waals surface area contributed by atoms with Crippen LogP contribution in [0.1, 0.15) is 31.2 Å². The summed E-state index contributed by atoms with van der Waals surface area (Å²) in [5.41, 5.74) is 0.800. The highest BCUT2D eigenvalue weighted by Gasteiger charge is 2.63. The van der Waals surface area contributed by atoms with Crippen LogP contribution >= 0.6 is 0 Å². The summed E-state index contributed by atoms with van der Waals surface area (Å²) in [6, 6.07) is 7.74. The lowest BCUT2D eigenvalue weighted by atomic mass is 9.53. The molecule has 2 atom stereocenters. The van der Waals surface area contributed by atoms with E-state index in [2.05, 4.69) is 9.97 Å². The molecule has 0 amide bonds. The van der Waals surface area contributed by atoms with Gasteiger partial charge in [-0.3, -0.25) is 4.55 Å². The number of benzene rings is 1. The molecule has 0 saturated heterocycles. The first-order valence-electron chi connectivity index (χ1n) is 10.4. The van der Waals surface area contributed by atoms with Gasteiger partial charge in [0.1, 0.15) is 17.4 Å². The van der Waals surface area contributed by atoms with Gasteiger partial charge in [0.15, 0.2) is 5.65 Å². The Morgan fingerprint density at radius 1 is 1.09 bits per heavy atom. The molecule has 2 unspecified atom stereocenters. The molecule has 2 fully saturated rings. The Bertz CT molecular complexity index is 1410. The Balaban J connectivity index is 1.54. The maximum atomic E-state index is 13.2. The fourth-order valence-electron chi connectivity index (χ4n) is 5.23. The highest BCUT2D eigenvalue weighted by Crippen LogP contribution is 2.60. The molecule has 2 aliphatic carbocycles. The summed E-state index contributed by atoms with van der Waals surface area (Å²) in [6.45, 7) is 1.88. The van der Waals surface area contributed by atoms with Crippen molar-refractivity contribution in [2.75, 3.05) is 11.9 Å². The smallest absolute Gasteiger partial charge is 0.270 e. The molecular weight excluding hydrogens is 452 g/mol. The van der Waals surface area contributed by atoms with Gasteiger partial charge in [-0.15, -0.1) is 0 Å². The maximum absolute atomic E-state index is 13.2. The Morgan fingerprint density at radius 2 is 1.78 bits per heavy atom. The van der Waals surface area contributed by atoms with Crippen molar-refractivity contribution >= 4 is 37.0 Å². The first kappa shape index (κ1) is 21.4. The molecule has 2 saturated carbocycles. The Labute approximate surface area is 186 Å². The second-order valence-electron chi connectivity index (χ2n) is 8.90. The van der Waals surface area contributed by atoms with Crippen LogP contribution in [0.25, 0.3) is 11.0 Å². The number of fused-ring (bicyclic) bond motifs is 1. The normalized spacial score (nSPS) is 22.5. The van der Waals surface area contributed by atoms with E-state index in [0.29, 0.717) is 17.6 Å². The quantitative estimate of drug-likeness (QED) is 0.558. The van der Waals surface area contributed by atoms with Gasteiger partial charge in [-0.25, -0.2) is 22.4 Å². The van der Waals surface area contributed by atoms with Crippen molar-refractivity contribution < 1.29 is 21.4 Å². The minimum Gasteiger partial charge on any atom is -0.355 e. The molecule has 3 aromatic rings. The van der Waals surface area contributed by atoms with Crippen LogP contribution in [0, 0.1) is 12.3 Å². The zero-order chi connectivity index (χ0) is 22.9. The Kier molecular flexibility index (Phi) is 4.67. The van der Waals surface area contributed by atoms with E-state index in [1.807, 2.05) is 6.92 Å². The molecule has 2 aliphatic rings. The van der Waals surface area contributed by atoms with E-state index in [9.17, 15) is 21.4 Å². The first-order chi connectivity index (χ1) is 15.0. The predicted molar refractivity (Wildman–Crippen MR) is 120 cm³/mol. The van der Waals surface area contributed by atoms with Gasteiger partial charge in [0.05, 0.1) is 16.3 Å². The Hall–Kier alpha value is -2.50. The van der Waals surface area contributed by atoms with E-state index in [4.69, 9.17) is 0 Å². The Morgan fingerprint density at radius 3 is 2.38 bits per heavy atom. The molecule has 1 N–H and O–H groups in total. The summed E-state index contributed by atoms with van der Waals surface area (Å²) < 4.78 is 61.7. The highest BCUT2D eigenvalue weighted by molar-refractivity contribution is 7.90. The summed E-state index contributed by atoms with van der Waals surface area (Å²) in [5, 5.41) is -0.383. The van der Waals surface area contributed by atoms with Gasteiger partial charge in [0.2, 0.25) is 0 Å². The predicted octanol–water partition coefficient (Wildman–Crippen LogP) is 2.61. The van der Waals surface area contributed by atoms with Crippen molar-refractivity contribution in [1.29, 1.82) is 0 Å². The van der Waals surface area contributed by atoms with E-state index in [-0.39, 0.29) is 16.0 Å². The fourth-order valence-corrected chi connectivity index (χ4v) is 8.17. The second-order valence-corrected chi connectivity index (χ2v) is 12.3. The standard InChI is InChI=1S/C21H24N4O5S2/c1-14-4-6-15(7-5-14)31(26,27)25-11-8-16-19(22-13-23-20(16)25)24(2)17-12-21(9-3-10-21)18(17)32(28,29)30/h4-8,11,13,17-18H,3,9-10,12H2,1-2H3,(H,28,29,30). The molecular formula is C21H24N4O5S2. The van der Waals surface area contributed by atoms with Crippen molar-refractivity contribution in [3.8, 4) is 0 Å². The van der Waals surface area contributed by atoms with Crippen LogP contribution in [0.15, 0.2) is 47.8 Å². The van der Waals surface area contributed by atoms with E-state index in [1.165, 1.54) is 12.5 Å². The van der Waals surface area contributed by atoms with Gasteiger partial charge in [-0.2, -0.15) is 8.42 Å². The summed E-state index contributed by atoms with van der Waals surface area (Å²) >= 11 is 0. The SMILES string of the molecule is Cc1ccc(S(=O)(=O)n2ccc3c(N(C)C4CC5(CCC5)C4S(=O)(=O)O)ncnc32)cc1. The van der Waals surface area contributed by atoms with Gasteiger partial charge >= 0.3 is 0 Å². The highest BCUT2D eigenvalue weighted by atomic mass is 32.2. The maximum Gasteiger partial charge on any atom is 0.270 e. The minimum absolute atomic E-state index is 0.145. The van der Waals surface area contributed by atoms with Crippen LogP contribution in [0.5, 0.6) is 0 Å². The van der Waals surface area contributed by atoms with Crippen LogP contribution in [0.2, 0.25) is 0 Å². The largest absolute Gasteiger partial charge is 0.355 e. The second kappa shape index (κ2) is 7.00. The van der Waals surface area contributed by atoms with E-state index in [1.54, 1.807) is 42.3 Å². The van der Waals surface area contributed by atoms with Crippen LogP contribution in [0.3, 0.4) is 0 Å².